The number of aliphatic hydroxyl groups is 1. The lowest BCUT2D eigenvalue weighted by atomic mass is 10.3. The van der Waals surface area contributed by atoms with E-state index >= 15 is 0 Å². The summed E-state index contributed by atoms with van der Waals surface area (Å²) in [6.07, 6.45) is 1.62. The van der Waals surface area contributed by atoms with Gasteiger partial charge in [0.15, 0.2) is 0 Å². The van der Waals surface area contributed by atoms with E-state index in [1.807, 2.05) is 13.0 Å². The zero-order chi connectivity index (χ0) is 8.97. The molecular weight excluding hydrogens is 269 g/mol. The highest BCUT2D eigenvalue weighted by atomic mass is 127. The Labute approximate surface area is 84.9 Å². The fraction of sp³-hybridized carbons (Fsp3) is 0.375. The van der Waals surface area contributed by atoms with Crippen LogP contribution >= 0.6 is 22.6 Å². The van der Waals surface area contributed by atoms with Gasteiger partial charge in [0.25, 0.3) is 0 Å². The van der Waals surface area contributed by atoms with Crippen LogP contribution in [0.25, 0.3) is 0 Å². The van der Waals surface area contributed by atoms with Crippen molar-refractivity contribution in [3.05, 3.63) is 21.4 Å². The van der Waals surface area contributed by atoms with Gasteiger partial charge in [-0.25, -0.2) is 4.98 Å². The van der Waals surface area contributed by atoms with E-state index in [9.17, 15) is 0 Å². The average Bonchev–Trinajstić information content (AvgIpc) is 2.09. The third-order valence-corrected chi connectivity index (χ3v) is 2.10. The number of hydrogen-bond donors (Lipinski definition) is 1. The molecule has 1 rings (SSSR count). The van der Waals surface area contributed by atoms with Crippen LogP contribution in [0.15, 0.2) is 12.3 Å². The molecule has 0 aliphatic carbocycles. The Bertz CT molecular complexity index is 265. The first-order chi connectivity index (χ1) is 5.77. The molecule has 0 fully saturated rings. The Morgan fingerprint density at radius 3 is 2.92 bits per heavy atom. The first kappa shape index (κ1) is 9.73. The maximum Gasteiger partial charge on any atom is 0.227 e. The van der Waals surface area contributed by atoms with Crippen molar-refractivity contribution >= 4 is 22.6 Å². The molecule has 1 aromatic rings. The second kappa shape index (κ2) is 4.61. The molecule has 0 bridgehead atoms. The topological polar surface area (TPSA) is 42.4 Å². The molecule has 0 atom stereocenters. The van der Waals surface area contributed by atoms with E-state index in [0.717, 1.165) is 9.13 Å². The molecule has 0 aromatic carbocycles. The van der Waals surface area contributed by atoms with Gasteiger partial charge in [-0.05, 0) is 41.1 Å². The minimum atomic E-state index is 0.0232. The van der Waals surface area contributed by atoms with Gasteiger partial charge in [0.1, 0.15) is 0 Å². The van der Waals surface area contributed by atoms with Gasteiger partial charge in [-0.3, -0.25) is 0 Å². The molecule has 0 saturated carbocycles. The third kappa shape index (κ3) is 2.31. The Morgan fingerprint density at radius 2 is 2.42 bits per heavy atom. The molecule has 3 nitrogen and oxygen atoms in total. The fourth-order valence-electron chi connectivity index (χ4n) is 0.794. The average molecular weight is 279 g/mol. The predicted octanol–water partition coefficient (Wildman–Crippen LogP) is 1.58. The quantitative estimate of drug-likeness (QED) is 0.854. The van der Waals surface area contributed by atoms with Crippen molar-refractivity contribution in [2.45, 2.75) is 13.5 Å². The summed E-state index contributed by atoms with van der Waals surface area (Å²) in [4.78, 5) is 4.05. The normalized spacial score (nSPS) is 9.92. The summed E-state index contributed by atoms with van der Waals surface area (Å²) in [5, 5.41) is 8.80. The number of hydrogen-bond acceptors (Lipinski definition) is 3. The second-order valence-electron chi connectivity index (χ2n) is 2.22. The Kier molecular flexibility index (Phi) is 3.74. The van der Waals surface area contributed by atoms with Crippen LogP contribution in [0.3, 0.4) is 0 Å². The minimum absolute atomic E-state index is 0.0232. The van der Waals surface area contributed by atoms with E-state index < -0.39 is 0 Å². The maximum absolute atomic E-state index is 8.80. The van der Waals surface area contributed by atoms with Crippen LogP contribution in [-0.2, 0) is 6.61 Å². The number of aliphatic hydroxyl groups excluding tert-OH is 1. The van der Waals surface area contributed by atoms with Gasteiger partial charge in [0.2, 0.25) is 5.88 Å². The van der Waals surface area contributed by atoms with Crippen LogP contribution in [0.1, 0.15) is 12.5 Å². The molecule has 0 amide bonds. The molecule has 66 valence electrons. The fourth-order valence-corrected chi connectivity index (χ4v) is 1.49. The van der Waals surface area contributed by atoms with Crippen molar-refractivity contribution in [1.29, 1.82) is 0 Å². The molecule has 4 heteroatoms. The molecule has 0 spiro atoms. The van der Waals surface area contributed by atoms with E-state index in [1.54, 1.807) is 6.20 Å². The van der Waals surface area contributed by atoms with Gasteiger partial charge in [0.05, 0.1) is 16.8 Å². The summed E-state index contributed by atoms with van der Waals surface area (Å²) in [6.45, 7) is 2.55. The summed E-state index contributed by atoms with van der Waals surface area (Å²) < 4.78 is 6.17. The number of aromatic nitrogens is 1. The molecule has 1 heterocycles. The number of ether oxygens (including phenoxy) is 1. The smallest absolute Gasteiger partial charge is 0.227 e. The standard InChI is InChI=1S/C8H10INO2/c1-2-12-8-7(9)3-6(5-11)4-10-8/h3-4,11H,2,5H2,1H3. The molecule has 1 N–H and O–H groups in total. The van der Waals surface area contributed by atoms with Crippen LogP contribution in [0.4, 0.5) is 0 Å². The SMILES string of the molecule is CCOc1ncc(CO)cc1I. The van der Waals surface area contributed by atoms with Gasteiger partial charge in [-0.15, -0.1) is 0 Å². The number of rotatable bonds is 3. The van der Waals surface area contributed by atoms with E-state index in [0.29, 0.717) is 12.5 Å². The summed E-state index contributed by atoms with van der Waals surface area (Å²) in [5.74, 6) is 0.635. The number of pyridine rings is 1. The number of halogens is 1. The van der Waals surface area contributed by atoms with Crippen LogP contribution in [0.2, 0.25) is 0 Å². The first-order valence-corrected chi connectivity index (χ1v) is 4.74. The summed E-state index contributed by atoms with van der Waals surface area (Å²) in [6, 6.07) is 1.86. The zero-order valence-electron chi connectivity index (χ0n) is 6.75. The maximum atomic E-state index is 8.80. The number of nitrogens with zero attached hydrogens (tertiary/aromatic N) is 1. The van der Waals surface area contributed by atoms with Crippen molar-refractivity contribution in [3.63, 3.8) is 0 Å². The van der Waals surface area contributed by atoms with Gasteiger partial charge < -0.3 is 9.84 Å². The Balaban J connectivity index is 2.87. The van der Waals surface area contributed by atoms with Crippen LogP contribution in [0.5, 0.6) is 5.88 Å². The Morgan fingerprint density at radius 1 is 1.67 bits per heavy atom. The van der Waals surface area contributed by atoms with Gasteiger partial charge in [-0.1, -0.05) is 0 Å². The molecule has 12 heavy (non-hydrogen) atoms. The van der Waals surface area contributed by atoms with Crippen molar-refractivity contribution in [2.24, 2.45) is 0 Å². The minimum Gasteiger partial charge on any atom is -0.477 e. The lowest BCUT2D eigenvalue weighted by molar-refractivity contribution is 0.280. The molecule has 0 radical (unpaired) electrons. The van der Waals surface area contributed by atoms with E-state index in [1.165, 1.54) is 0 Å². The van der Waals surface area contributed by atoms with Crippen molar-refractivity contribution in [3.8, 4) is 5.88 Å². The highest BCUT2D eigenvalue weighted by molar-refractivity contribution is 14.1. The molecule has 1 aromatic heterocycles. The second-order valence-corrected chi connectivity index (χ2v) is 3.38. The van der Waals surface area contributed by atoms with Crippen molar-refractivity contribution in [2.75, 3.05) is 6.61 Å². The van der Waals surface area contributed by atoms with Crippen LogP contribution in [-0.4, -0.2) is 16.7 Å². The molecule has 0 saturated heterocycles. The van der Waals surface area contributed by atoms with Gasteiger partial charge in [-0.2, -0.15) is 0 Å². The monoisotopic (exact) mass is 279 g/mol. The molecule has 0 unspecified atom stereocenters. The van der Waals surface area contributed by atoms with E-state index in [2.05, 4.69) is 27.6 Å². The molecule has 0 aliphatic heterocycles. The summed E-state index contributed by atoms with van der Waals surface area (Å²) in [7, 11) is 0. The highest BCUT2D eigenvalue weighted by Crippen LogP contribution is 2.18. The summed E-state index contributed by atoms with van der Waals surface area (Å²) >= 11 is 2.13. The van der Waals surface area contributed by atoms with E-state index in [4.69, 9.17) is 9.84 Å². The first-order valence-electron chi connectivity index (χ1n) is 3.66. The van der Waals surface area contributed by atoms with Gasteiger partial charge >= 0.3 is 0 Å². The third-order valence-electron chi connectivity index (χ3n) is 1.33. The zero-order valence-corrected chi connectivity index (χ0v) is 8.91. The van der Waals surface area contributed by atoms with Crippen molar-refractivity contribution in [1.82, 2.24) is 4.98 Å². The van der Waals surface area contributed by atoms with Crippen LogP contribution < -0.4 is 4.74 Å². The van der Waals surface area contributed by atoms with Crippen LogP contribution in [0, 0.1) is 3.57 Å². The largest absolute Gasteiger partial charge is 0.477 e. The Hall–Kier alpha value is -0.360. The van der Waals surface area contributed by atoms with E-state index in [-0.39, 0.29) is 6.61 Å². The lowest BCUT2D eigenvalue weighted by Crippen LogP contribution is -1.98. The molecular formula is C8H10INO2. The molecule has 0 aliphatic rings. The summed E-state index contributed by atoms with van der Waals surface area (Å²) in [5.41, 5.74) is 0.808. The highest BCUT2D eigenvalue weighted by Gasteiger charge is 2.02. The van der Waals surface area contributed by atoms with Crippen molar-refractivity contribution < 1.29 is 9.84 Å². The lowest BCUT2D eigenvalue weighted by Gasteiger charge is -2.04. The van der Waals surface area contributed by atoms with Gasteiger partial charge in [0, 0.05) is 6.20 Å². The predicted molar refractivity (Wildman–Crippen MR) is 54.0 cm³/mol.